The van der Waals surface area contributed by atoms with Crippen molar-refractivity contribution in [3.05, 3.63) is 76.1 Å². The standard InChI is InChI=1S/C18H15NO4.Na/c1-23-13-8-6-12(7-9-13)10-19-11-15(18(21)22)17(20)14-4-2-3-5-16(14)19;/h2-9,11H,10H2,1H3,(H,21,22);/q;+1/p-1. The normalized spacial score (nSPS) is 10.2. The third kappa shape index (κ3) is 3.53. The number of carboxylic acid groups (broad SMARTS) is 1. The number of aromatic nitrogens is 1. The van der Waals surface area contributed by atoms with E-state index in [2.05, 4.69) is 0 Å². The number of carboxylic acids is 1. The van der Waals surface area contributed by atoms with Crippen LogP contribution in [0.25, 0.3) is 10.9 Å². The minimum absolute atomic E-state index is 0. The first kappa shape index (κ1) is 18.3. The number of carbonyl (C=O) groups excluding carboxylic acids is 1. The second-order valence-corrected chi connectivity index (χ2v) is 5.15. The van der Waals surface area contributed by atoms with Gasteiger partial charge in [-0.25, -0.2) is 0 Å². The van der Waals surface area contributed by atoms with Gasteiger partial charge >= 0.3 is 29.6 Å². The molecule has 24 heavy (non-hydrogen) atoms. The fourth-order valence-electron chi connectivity index (χ4n) is 2.55. The van der Waals surface area contributed by atoms with E-state index in [4.69, 9.17) is 4.74 Å². The Balaban J connectivity index is 0.00000208. The van der Waals surface area contributed by atoms with Gasteiger partial charge in [0.15, 0.2) is 5.43 Å². The number of aromatic carboxylic acids is 1. The number of para-hydroxylation sites is 1. The third-order valence-corrected chi connectivity index (χ3v) is 3.72. The Morgan fingerprint density at radius 2 is 1.79 bits per heavy atom. The van der Waals surface area contributed by atoms with Gasteiger partial charge in [-0.1, -0.05) is 24.3 Å². The van der Waals surface area contributed by atoms with Crippen molar-refractivity contribution >= 4 is 16.9 Å². The average Bonchev–Trinajstić information content (AvgIpc) is 2.58. The van der Waals surface area contributed by atoms with E-state index in [1.165, 1.54) is 6.20 Å². The zero-order valence-electron chi connectivity index (χ0n) is 13.5. The van der Waals surface area contributed by atoms with Crippen molar-refractivity contribution in [3.63, 3.8) is 0 Å². The van der Waals surface area contributed by atoms with Crippen LogP contribution in [0.15, 0.2) is 59.5 Å². The van der Waals surface area contributed by atoms with Gasteiger partial charge in [-0.3, -0.25) is 4.79 Å². The van der Waals surface area contributed by atoms with Gasteiger partial charge in [0.1, 0.15) is 5.75 Å². The predicted molar refractivity (Wildman–Crippen MR) is 84.6 cm³/mol. The van der Waals surface area contributed by atoms with E-state index < -0.39 is 11.4 Å². The van der Waals surface area contributed by atoms with E-state index in [0.717, 1.165) is 11.3 Å². The Labute approximate surface area is 160 Å². The number of hydrogen-bond donors (Lipinski definition) is 0. The topological polar surface area (TPSA) is 71.4 Å². The Morgan fingerprint density at radius 3 is 2.42 bits per heavy atom. The maximum absolute atomic E-state index is 12.2. The Morgan fingerprint density at radius 1 is 1.12 bits per heavy atom. The number of hydrogen-bond acceptors (Lipinski definition) is 4. The van der Waals surface area contributed by atoms with Crippen molar-refractivity contribution in [2.45, 2.75) is 6.54 Å². The monoisotopic (exact) mass is 331 g/mol. The summed E-state index contributed by atoms with van der Waals surface area (Å²) in [5.74, 6) is -0.724. The molecule has 0 aliphatic heterocycles. The maximum atomic E-state index is 12.2. The van der Waals surface area contributed by atoms with Gasteiger partial charge in [-0.2, -0.15) is 0 Å². The summed E-state index contributed by atoms with van der Waals surface area (Å²) in [7, 11) is 1.59. The molecular formula is C18H14NNaO4. The Bertz CT molecular complexity index is 932. The van der Waals surface area contributed by atoms with Gasteiger partial charge in [-0.15, -0.1) is 0 Å². The summed E-state index contributed by atoms with van der Waals surface area (Å²) in [6.45, 7) is 0.436. The van der Waals surface area contributed by atoms with Gasteiger partial charge in [0, 0.05) is 18.1 Å². The molecule has 116 valence electrons. The quantitative estimate of drug-likeness (QED) is 0.542. The number of benzene rings is 2. The van der Waals surface area contributed by atoms with Gasteiger partial charge in [0.2, 0.25) is 0 Å². The van der Waals surface area contributed by atoms with Crippen LogP contribution in [0.3, 0.4) is 0 Å². The molecule has 0 fully saturated rings. The number of methoxy groups -OCH3 is 1. The maximum Gasteiger partial charge on any atom is 1.00 e. The van der Waals surface area contributed by atoms with Crippen molar-refractivity contribution in [1.29, 1.82) is 0 Å². The summed E-state index contributed by atoms with van der Waals surface area (Å²) in [5.41, 5.74) is 0.783. The van der Waals surface area contributed by atoms with Crippen LogP contribution in [-0.4, -0.2) is 17.6 Å². The molecule has 0 unspecified atom stereocenters. The minimum Gasteiger partial charge on any atom is -0.545 e. The van der Waals surface area contributed by atoms with Crippen LogP contribution in [0, 0.1) is 0 Å². The first-order valence-electron chi connectivity index (χ1n) is 7.06. The van der Waals surface area contributed by atoms with Crippen LogP contribution >= 0.6 is 0 Å². The zero-order chi connectivity index (χ0) is 16.4. The molecular weight excluding hydrogens is 317 g/mol. The van der Waals surface area contributed by atoms with Gasteiger partial charge in [0.25, 0.3) is 0 Å². The number of ether oxygens (including phenoxy) is 1. The first-order valence-corrected chi connectivity index (χ1v) is 7.06. The smallest absolute Gasteiger partial charge is 0.545 e. The van der Waals surface area contributed by atoms with Crippen molar-refractivity contribution < 1.29 is 44.2 Å². The SMILES string of the molecule is COc1ccc(Cn2cc(C(=O)[O-])c(=O)c3ccccc32)cc1.[Na+]. The minimum atomic E-state index is -1.47. The molecule has 2 aromatic carbocycles. The van der Waals surface area contributed by atoms with Crippen LogP contribution in [0.1, 0.15) is 15.9 Å². The number of carbonyl (C=O) groups is 1. The zero-order valence-corrected chi connectivity index (χ0v) is 15.5. The van der Waals surface area contributed by atoms with Crippen molar-refractivity contribution in [2.24, 2.45) is 0 Å². The van der Waals surface area contributed by atoms with Crippen LogP contribution in [0.5, 0.6) is 5.75 Å². The number of nitrogens with zero attached hydrogens (tertiary/aromatic N) is 1. The molecule has 0 atom stereocenters. The van der Waals surface area contributed by atoms with Gasteiger partial charge in [-0.05, 0) is 29.8 Å². The summed E-state index contributed by atoms with van der Waals surface area (Å²) in [6.07, 6.45) is 1.34. The van der Waals surface area contributed by atoms with E-state index in [1.807, 2.05) is 30.3 Å². The van der Waals surface area contributed by atoms with E-state index >= 15 is 0 Å². The molecule has 1 aromatic heterocycles. The Hall–Kier alpha value is -2.08. The molecule has 5 nitrogen and oxygen atoms in total. The molecule has 6 heteroatoms. The molecule has 1 heterocycles. The molecule has 0 N–H and O–H groups in total. The first-order chi connectivity index (χ1) is 11.1. The molecule has 0 aliphatic rings. The molecule has 0 saturated carbocycles. The molecule has 0 spiro atoms. The summed E-state index contributed by atoms with van der Waals surface area (Å²) in [5, 5.41) is 11.6. The second-order valence-electron chi connectivity index (χ2n) is 5.15. The molecule has 0 aliphatic carbocycles. The molecule has 0 saturated heterocycles. The van der Waals surface area contributed by atoms with Crippen molar-refractivity contribution in [1.82, 2.24) is 4.57 Å². The van der Waals surface area contributed by atoms with Crippen LogP contribution in [-0.2, 0) is 6.54 Å². The van der Waals surface area contributed by atoms with Crippen LogP contribution in [0.2, 0.25) is 0 Å². The summed E-state index contributed by atoms with van der Waals surface area (Å²) < 4.78 is 6.86. The van der Waals surface area contributed by atoms with Gasteiger partial charge < -0.3 is 19.2 Å². The van der Waals surface area contributed by atoms with E-state index in [9.17, 15) is 14.7 Å². The number of fused-ring (bicyclic) bond motifs is 1. The van der Waals surface area contributed by atoms with Crippen LogP contribution < -0.4 is 44.8 Å². The molecule has 0 radical (unpaired) electrons. The second kappa shape index (κ2) is 7.66. The van der Waals surface area contributed by atoms with Crippen molar-refractivity contribution in [3.8, 4) is 5.75 Å². The van der Waals surface area contributed by atoms with E-state index in [1.54, 1.807) is 29.9 Å². The Kier molecular flexibility index (Phi) is 5.83. The van der Waals surface area contributed by atoms with Gasteiger partial charge in [0.05, 0.1) is 24.2 Å². The molecule has 0 bridgehead atoms. The molecule has 0 amide bonds. The predicted octanol–water partition coefficient (Wildman–Crippen LogP) is -1.57. The van der Waals surface area contributed by atoms with E-state index in [-0.39, 0.29) is 35.1 Å². The van der Waals surface area contributed by atoms with E-state index in [0.29, 0.717) is 17.4 Å². The molecule has 3 aromatic rings. The summed E-state index contributed by atoms with van der Waals surface area (Å²) in [6, 6.07) is 14.4. The fourth-order valence-corrected chi connectivity index (χ4v) is 2.55. The van der Waals surface area contributed by atoms with Crippen molar-refractivity contribution in [2.75, 3.05) is 7.11 Å². The fraction of sp³-hybridized carbons (Fsp3) is 0.111. The summed E-state index contributed by atoms with van der Waals surface area (Å²) >= 11 is 0. The number of rotatable bonds is 4. The number of pyridine rings is 1. The average molecular weight is 331 g/mol. The third-order valence-electron chi connectivity index (χ3n) is 3.72. The summed E-state index contributed by atoms with van der Waals surface area (Å²) in [4.78, 5) is 23.4. The van der Waals surface area contributed by atoms with Crippen LogP contribution in [0.4, 0.5) is 0 Å². The molecule has 3 rings (SSSR count). The largest absolute Gasteiger partial charge is 1.00 e.